The molecule has 3 nitrogen and oxygen atoms in total. The maximum atomic E-state index is 9.81. The monoisotopic (exact) mass is 241 g/mol. The molecule has 0 aromatic heterocycles. The van der Waals surface area contributed by atoms with Crippen LogP contribution in [0.15, 0.2) is 42.5 Å². The summed E-state index contributed by atoms with van der Waals surface area (Å²) in [5.74, 6) is 0.312. The van der Waals surface area contributed by atoms with Crippen molar-refractivity contribution in [1.82, 2.24) is 0 Å². The highest BCUT2D eigenvalue weighted by Gasteiger charge is 2.22. The number of phenolic OH excluding ortho intramolecular Hbond substituents is 2. The number of rotatable bonds is 2. The Kier molecular flexibility index (Phi) is 2.59. The van der Waals surface area contributed by atoms with E-state index in [2.05, 4.69) is 17.0 Å². The van der Waals surface area contributed by atoms with Crippen molar-refractivity contribution in [1.29, 1.82) is 0 Å². The highest BCUT2D eigenvalue weighted by Crippen LogP contribution is 2.38. The van der Waals surface area contributed by atoms with E-state index in [4.69, 9.17) is 0 Å². The molecular weight excluding hydrogens is 226 g/mol. The molecule has 0 radical (unpaired) electrons. The summed E-state index contributed by atoms with van der Waals surface area (Å²) in [6, 6.07) is 13.3. The van der Waals surface area contributed by atoms with E-state index in [-0.39, 0.29) is 11.5 Å². The molecule has 0 bridgehead atoms. The Morgan fingerprint density at radius 3 is 2.61 bits per heavy atom. The smallest absolute Gasteiger partial charge is 0.124 e. The Bertz CT molecular complexity index is 566. The summed E-state index contributed by atoms with van der Waals surface area (Å²) in [5.41, 5.74) is 3.10. The van der Waals surface area contributed by atoms with Crippen molar-refractivity contribution in [2.45, 2.75) is 13.0 Å². The van der Waals surface area contributed by atoms with E-state index < -0.39 is 0 Å². The van der Waals surface area contributed by atoms with Gasteiger partial charge < -0.3 is 15.1 Å². The van der Waals surface area contributed by atoms with Crippen LogP contribution in [0.1, 0.15) is 11.1 Å². The number of anilines is 1. The first-order chi connectivity index (χ1) is 8.74. The van der Waals surface area contributed by atoms with Crippen LogP contribution < -0.4 is 4.90 Å². The molecule has 1 aliphatic rings. The summed E-state index contributed by atoms with van der Waals surface area (Å²) in [6.45, 7) is 1.68. The number of nitrogens with zero attached hydrogens (tertiary/aromatic N) is 1. The summed E-state index contributed by atoms with van der Waals surface area (Å²) in [6.07, 6.45) is 0.828. The van der Waals surface area contributed by atoms with E-state index in [1.807, 2.05) is 18.2 Å². The summed E-state index contributed by atoms with van der Waals surface area (Å²) < 4.78 is 0. The Labute approximate surface area is 106 Å². The lowest BCUT2D eigenvalue weighted by atomic mass is 10.1. The van der Waals surface area contributed by atoms with Gasteiger partial charge in [0.1, 0.15) is 11.5 Å². The van der Waals surface area contributed by atoms with Crippen LogP contribution in [-0.2, 0) is 13.0 Å². The fourth-order valence-corrected chi connectivity index (χ4v) is 2.50. The van der Waals surface area contributed by atoms with E-state index in [0.717, 1.165) is 30.8 Å². The van der Waals surface area contributed by atoms with Gasteiger partial charge in [0.25, 0.3) is 0 Å². The molecule has 2 N–H and O–H groups in total. The number of aromatic hydroxyl groups is 2. The number of hydrogen-bond donors (Lipinski definition) is 2. The minimum Gasteiger partial charge on any atom is -0.508 e. The summed E-state index contributed by atoms with van der Waals surface area (Å²) >= 11 is 0. The van der Waals surface area contributed by atoms with Gasteiger partial charge in [-0.15, -0.1) is 0 Å². The lowest BCUT2D eigenvalue weighted by Gasteiger charge is -2.19. The van der Waals surface area contributed by atoms with Crippen molar-refractivity contribution in [3.05, 3.63) is 53.6 Å². The second kappa shape index (κ2) is 4.26. The zero-order valence-corrected chi connectivity index (χ0v) is 10.0. The molecule has 3 rings (SSSR count). The largest absolute Gasteiger partial charge is 0.508 e. The fraction of sp³-hybridized carbons (Fsp3) is 0.200. The maximum Gasteiger partial charge on any atom is 0.124 e. The second-order valence-electron chi connectivity index (χ2n) is 4.62. The van der Waals surface area contributed by atoms with Crippen molar-refractivity contribution in [3.63, 3.8) is 0 Å². The van der Waals surface area contributed by atoms with E-state index in [0.29, 0.717) is 0 Å². The zero-order chi connectivity index (χ0) is 12.5. The molecule has 2 aromatic rings. The number of benzene rings is 2. The van der Waals surface area contributed by atoms with Crippen LogP contribution >= 0.6 is 0 Å². The minimum absolute atomic E-state index is 0.117. The van der Waals surface area contributed by atoms with Gasteiger partial charge in [0.15, 0.2) is 0 Å². The van der Waals surface area contributed by atoms with Crippen molar-refractivity contribution in [3.8, 4) is 11.5 Å². The molecule has 0 saturated carbocycles. The van der Waals surface area contributed by atoms with Crippen LogP contribution in [-0.4, -0.2) is 16.8 Å². The first-order valence-corrected chi connectivity index (χ1v) is 6.08. The highest BCUT2D eigenvalue weighted by atomic mass is 16.3. The van der Waals surface area contributed by atoms with Gasteiger partial charge in [0.2, 0.25) is 0 Å². The average Bonchev–Trinajstić information content (AvgIpc) is 2.74. The van der Waals surface area contributed by atoms with Crippen molar-refractivity contribution < 1.29 is 10.2 Å². The third-order valence-electron chi connectivity index (χ3n) is 3.38. The number of hydrogen-bond acceptors (Lipinski definition) is 3. The van der Waals surface area contributed by atoms with E-state index in [9.17, 15) is 10.2 Å². The van der Waals surface area contributed by atoms with Gasteiger partial charge in [-0.3, -0.25) is 0 Å². The quantitative estimate of drug-likeness (QED) is 0.849. The highest BCUT2D eigenvalue weighted by molar-refractivity contribution is 5.65. The van der Waals surface area contributed by atoms with E-state index in [1.165, 1.54) is 11.6 Å². The van der Waals surface area contributed by atoms with E-state index in [1.54, 1.807) is 6.07 Å². The minimum atomic E-state index is 0.117. The van der Waals surface area contributed by atoms with Gasteiger partial charge in [-0.05, 0) is 12.0 Å². The number of phenols is 2. The van der Waals surface area contributed by atoms with Crippen molar-refractivity contribution in [2.24, 2.45) is 0 Å². The van der Waals surface area contributed by atoms with Gasteiger partial charge in [-0.1, -0.05) is 30.3 Å². The molecule has 18 heavy (non-hydrogen) atoms. The van der Waals surface area contributed by atoms with Crippen LogP contribution in [0.25, 0.3) is 0 Å². The molecule has 0 spiro atoms. The fourth-order valence-electron chi connectivity index (χ4n) is 2.50. The molecule has 0 atom stereocenters. The molecule has 0 saturated heterocycles. The Morgan fingerprint density at radius 1 is 1.06 bits per heavy atom. The Morgan fingerprint density at radius 2 is 1.83 bits per heavy atom. The van der Waals surface area contributed by atoms with Crippen LogP contribution in [0.3, 0.4) is 0 Å². The van der Waals surface area contributed by atoms with Crippen LogP contribution in [0.4, 0.5) is 5.69 Å². The van der Waals surface area contributed by atoms with Gasteiger partial charge in [-0.25, -0.2) is 0 Å². The summed E-state index contributed by atoms with van der Waals surface area (Å²) in [5, 5.41) is 19.4. The average molecular weight is 241 g/mol. The van der Waals surface area contributed by atoms with E-state index >= 15 is 0 Å². The van der Waals surface area contributed by atoms with Crippen molar-refractivity contribution in [2.75, 3.05) is 11.4 Å². The molecule has 3 heteroatoms. The lowest BCUT2D eigenvalue weighted by molar-refractivity contribution is 0.448. The van der Waals surface area contributed by atoms with Gasteiger partial charge >= 0.3 is 0 Å². The molecular formula is C15H15NO2. The zero-order valence-electron chi connectivity index (χ0n) is 10.0. The Balaban J connectivity index is 1.91. The first kappa shape index (κ1) is 11.0. The SMILES string of the molecule is Oc1cc(O)c2c(c1)N(Cc1ccccc1)CC2. The second-order valence-corrected chi connectivity index (χ2v) is 4.62. The predicted octanol–water partition coefficient (Wildman–Crippen LogP) is 2.66. The first-order valence-electron chi connectivity index (χ1n) is 6.08. The molecule has 1 heterocycles. The summed E-state index contributed by atoms with van der Waals surface area (Å²) in [4.78, 5) is 2.18. The van der Waals surface area contributed by atoms with Crippen LogP contribution in [0, 0.1) is 0 Å². The molecule has 1 aliphatic heterocycles. The topological polar surface area (TPSA) is 43.7 Å². The molecule has 0 unspecified atom stereocenters. The standard InChI is InChI=1S/C15H15NO2/c17-12-8-14-13(15(18)9-12)6-7-16(14)10-11-4-2-1-3-5-11/h1-5,8-9,17-18H,6-7,10H2. The maximum absolute atomic E-state index is 9.81. The molecule has 92 valence electrons. The molecule has 2 aromatic carbocycles. The molecule has 0 fully saturated rings. The van der Waals surface area contributed by atoms with Gasteiger partial charge in [-0.2, -0.15) is 0 Å². The lowest BCUT2D eigenvalue weighted by Crippen LogP contribution is -2.19. The van der Waals surface area contributed by atoms with Crippen LogP contribution in [0.5, 0.6) is 11.5 Å². The van der Waals surface area contributed by atoms with Gasteiger partial charge in [0, 0.05) is 36.5 Å². The predicted molar refractivity (Wildman–Crippen MR) is 71.0 cm³/mol. The third-order valence-corrected chi connectivity index (χ3v) is 3.38. The number of fused-ring (bicyclic) bond motifs is 1. The van der Waals surface area contributed by atoms with Crippen LogP contribution in [0.2, 0.25) is 0 Å². The molecule has 0 aliphatic carbocycles. The van der Waals surface area contributed by atoms with Gasteiger partial charge in [0.05, 0.1) is 0 Å². The summed E-state index contributed by atoms with van der Waals surface area (Å²) in [7, 11) is 0. The molecule has 0 amide bonds. The normalized spacial score (nSPS) is 13.7. The third kappa shape index (κ3) is 1.88. The van der Waals surface area contributed by atoms with Crippen molar-refractivity contribution >= 4 is 5.69 Å². The Hall–Kier alpha value is -2.16.